The van der Waals surface area contributed by atoms with Crippen LogP contribution in [0.15, 0.2) is 215 Å². The Bertz CT molecular complexity index is 3930. The van der Waals surface area contributed by atoms with Crippen LogP contribution in [-0.4, -0.2) is 48.3 Å². The normalized spacial score (nSPS) is 34.0. The van der Waals surface area contributed by atoms with Crippen molar-refractivity contribution in [1.82, 2.24) is 0 Å². The van der Waals surface area contributed by atoms with Crippen molar-refractivity contribution in [2.75, 3.05) is 19.6 Å². The maximum atomic E-state index is 7.08. The molecule has 2 aromatic heterocycles. The standard InChI is InChI=1S/C84H88N4O2/c1-5-23-55(24-6-1)85-73-37-15-17-39-75(73)87(57-27-9-3-10-28-57)79-51-71-68-48-54(60-34-22-36-66-64-32-14-20-42-82(64)90-84(60)66)44-46-62(68)70-50-78-80(88(58-29-11-4-12-30-58)76-40-18-16-38-74(76)86(78)56-25-7-2-8-26-56)52-72(70)67-47-53(43-45-61(67)69(71)49-77(79)85)59-33-21-35-65-63-31-13-19-41-81(63)89-83(59)65/h1-14,19-36,41-42,53-54,61-62,67-80H,15-18,37-40,43-52H2. The van der Waals surface area contributed by atoms with Crippen LogP contribution in [0.1, 0.15) is 139 Å². The summed E-state index contributed by atoms with van der Waals surface area (Å²) >= 11 is 0. The summed E-state index contributed by atoms with van der Waals surface area (Å²) in [7, 11) is 0. The molecule has 8 aromatic carbocycles. The molecule has 6 heteroatoms. The zero-order valence-corrected chi connectivity index (χ0v) is 52.4. The molecule has 9 fully saturated rings. The number of para-hydroxylation sites is 8. The lowest BCUT2D eigenvalue weighted by molar-refractivity contribution is -0.0975. The van der Waals surface area contributed by atoms with Crippen LogP contribution >= 0.6 is 0 Å². The van der Waals surface area contributed by atoms with Gasteiger partial charge in [-0.15, -0.1) is 0 Å². The van der Waals surface area contributed by atoms with Gasteiger partial charge in [-0.2, -0.15) is 0 Å². The van der Waals surface area contributed by atoms with Gasteiger partial charge in [0.05, 0.1) is 24.2 Å². The summed E-state index contributed by atoms with van der Waals surface area (Å²) in [4.78, 5) is 12.5. The Morgan fingerprint density at radius 2 is 0.522 bits per heavy atom. The number of fused-ring (bicyclic) bond motifs is 18. The highest BCUT2D eigenvalue weighted by atomic mass is 16.3. The Balaban J connectivity index is 0.811. The quantitative estimate of drug-likeness (QED) is 0.155. The molecular weight excluding hydrogens is 1100 g/mol. The number of hydrogen-bond donors (Lipinski definition) is 0. The van der Waals surface area contributed by atoms with E-state index in [2.05, 4.69) is 226 Å². The van der Waals surface area contributed by atoms with Gasteiger partial charge in [-0.1, -0.05) is 171 Å². The Morgan fingerprint density at radius 1 is 0.233 bits per heavy atom. The van der Waals surface area contributed by atoms with Crippen molar-refractivity contribution in [1.29, 1.82) is 0 Å². The minimum absolute atomic E-state index is 0.425. The number of hydrogen-bond acceptors (Lipinski definition) is 6. The Morgan fingerprint density at radius 3 is 0.867 bits per heavy atom. The molecule has 0 N–H and O–H groups in total. The van der Waals surface area contributed by atoms with E-state index in [0.29, 0.717) is 108 Å². The third kappa shape index (κ3) is 8.67. The van der Waals surface area contributed by atoms with Gasteiger partial charge in [-0.05, 0) is 221 Å². The molecule has 7 saturated carbocycles. The van der Waals surface area contributed by atoms with Crippen LogP contribution in [0.4, 0.5) is 22.7 Å². The van der Waals surface area contributed by atoms with E-state index < -0.39 is 0 Å². The molecule has 0 bridgehead atoms. The van der Waals surface area contributed by atoms with Gasteiger partial charge in [-0.25, -0.2) is 0 Å². The van der Waals surface area contributed by atoms with E-state index in [4.69, 9.17) is 8.83 Å². The second kappa shape index (κ2) is 22.2. The Labute approximate surface area is 532 Å². The summed E-state index contributed by atoms with van der Waals surface area (Å²) in [6.07, 6.45) is 23.0. The van der Waals surface area contributed by atoms with Crippen molar-refractivity contribution >= 4 is 66.6 Å². The predicted octanol–water partition coefficient (Wildman–Crippen LogP) is 20.4. The molecular formula is C84H88N4O2. The first-order chi connectivity index (χ1) is 44.7. The van der Waals surface area contributed by atoms with E-state index in [9.17, 15) is 0 Å². The predicted molar refractivity (Wildman–Crippen MR) is 370 cm³/mol. The number of benzene rings is 8. The van der Waals surface area contributed by atoms with Crippen LogP contribution in [0.5, 0.6) is 0 Å². The smallest absolute Gasteiger partial charge is 0.138 e. The van der Waals surface area contributed by atoms with Gasteiger partial charge in [0, 0.05) is 68.5 Å². The molecule has 7 aliphatic carbocycles. The van der Waals surface area contributed by atoms with Crippen molar-refractivity contribution in [2.24, 2.45) is 47.3 Å². The molecule has 10 aromatic rings. The first kappa shape index (κ1) is 54.3. The molecule has 0 radical (unpaired) electrons. The largest absolute Gasteiger partial charge is 0.456 e. The molecule has 19 rings (SSSR count). The van der Waals surface area contributed by atoms with E-state index in [1.165, 1.54) is 171 Å². The molecule has 4 heterocycles. The van der Waals surface area contributed by atoms with Crippen LogP contribution in [-0.2, 0) is 0 Å². The van der Waals surface area contributed by atoms with E-state index in [1.807, 2.05) is 0 Å². The lowest BCUT2D eigenvalue weighted by atomic mass is 9.45. The summed E-state index contributed by atoms with van der Waals surface area (Å²) in [5.41, 5.74) is 13.2. The number of anilines is 4. The first-order valence-electron chi connectivity index (χ1n) is 35.8. The first-order valence-corrected chi connectivity index (χ1v) is 35.8. The van der Waals surface area contributed by atoms with E-state index >= 15 is 0 Å². The SMILES string of the molecule is c1ccc(N2C3CCCCC3N(c3ccccc3)C3CC4C5CC(c6cccc7c6oc6ccccc67)CCC5C5CC6C(CC5C5CC(c7cccc8c7oc7ccccc78)CCC5C4CC32)N(c2ccccc2)C2CCCCC2N6c2ccccc2)cc1. The summed E-state index contributed by atoms with van der Waals surface area (Å²) in [6.45, 7) is 0. The molecule has 0 amide bonds. The molecule has 2 aliphatic heterocycles. The Hall–Kier alpha value is -7.44. The topological polar surface area (TPSA) is 39.2 Å². The number of rotatable bonds is 6. The average Bonchev–Trinajstić information content (AvgIpc) is 0.930. The molecule has 6 nitrogen and oxygen atoms in total. The summed E-state index contributed by atoms with van der Waals surface area (Å²) in [6, 6.07) is 83.6. The second-order valence-corrected chi connectivity index (χ2v) is 30.0. The summed E-state index contributed by atoms with van der Waals surface area (Å²) in [5.74, 6) is 5.85. The molecule has 18 atom stereocenters. The number of piperazine rings is 2. The minimum Gasteiger partial charge on any atom is -0.456 e. The highest BCUT2D eigenvalue weighted by Crippen LogP contribution is 2.66. The fraction of sp³-hybridized carbons (Fsp3) is 0.429. The van der Waals surface area contributed by atoms with Gasteiger partial charge in [0.25, 0.3) is 0 Å². The molecule has 2 saturated heterocycles. The second-order valence-electron chi connectivity index (χ2n) is 30.0. The molecule has 90 heavy (non-hydrogen) atoms. The van der Waals surface area contributed by atoms with Crippen LogP contribution in [0.2, 0.25) is 0 Å². The third-order valence-electron chi connectivity index (χ3n) is 26.4. The summed E-state index contributed by atoms with van der Waals surface area (Å²) < 4.78 is 14.2. The van der Waals surface area contributed by atoms with Gasteiger partial charge in [0.15, 0.2) is 0 Å². The highest BCUT2D eigenvalue weighted by Gasteiger charge is 2.63. The van der Waals surface area contributed by atoms with Crippen LogP contribution in [0, 0.1) is 47.3 Å². The molecule has 9 aliphatic rings. The fourth-order valence-corrected chi connectivity index (χ4v) is 23.3. The highest BCUT2D eigenvalue weighted by molar-refractivity contribution is 6.07. The van der Waals surface area contributed by atoms with Gasteiger partial charge < -0.3 is 28.4 Å². The number of nitrogens with zero attached hydrogens (tertiary/aromatic N) is 4. The van der Waals surface area contributed by atoms with Crippen LogP contribution in [0.25, 0.3) is 43.9 Å². The zero-order chi connectivity index (χ0) is 59.0. The summed E-state index contributed by atoms with van der Waals surface area (Å²) in [5, 5.41) is 5.10. The van der Waals surface area contributed by atoms with Crippen molar-refractivity contribution in [2.45, 2.75) is 176 Å². The maximum Gasteiger partial charge on any atom is 0.138 e. The van der Waals surface area contributed by atoms with Crippen molar-refractivity contribution in [3.8, 4) is 0 Å². The Kier molecular flexibility index (Phi) is 13.4. The van der Waals surface area contributed by atoms with Gasteiger partial charge in [-0.3, -0.25) is 0 Å². The van der Waals surface area contributed by atoms with Crippen molar-refractivity contribution in [3.05, 3.63) is 217 Å². The zero-order valence-electron chi connectivity index (χ0n) is 52.4. The van der Waals surface area contributed by atoms with Crippen molar-refractivity contribution < 1.29 is 8.83 Å². The van der Waals surface area contributed by atoms with Crippen molar-refractivity contribution in [3.63, 3.8) is 0 Å². The molecule has 456 valence electrons. The van der Waals surface area contributed by atoms with Gasteiger partial charge in [0.1, 0.15) is 22.3 Å². The molecule has 18 unspecified atom stereocenters. The van der Waals surface area contributed by atoms with E-state index in [0.717, 1.165) is 22.3 Å². The third-order valence-corrected chi connectivity index (χ3v) is 26.4. The number of furan rings is 2. The minimum atomic E-state index is 0.425. The monoisotopic (exact) mass is 1180 g/mol. The van der Waals surface area contributed by atoms with E-state index in [1.54, 1.807) is 0 Å². The molecule has 0 spiro atoms. The van der Waals surface area contributed by atoms with E-state index in [-0.39, 0.29) is 0 Å². The van der Waals surface area contributed by atoms with Gasteiger partial charge in [0.2, 0.25) is 0 Å². The average molecular weight is 1190 g/mol. The van der Waals surface area contributed by atoms with Gasteiger partial charge >= 0.3 is 0 Å². The van der Waals surface area contributed by atoms with Crippen LogP contribution < -0.4 is 19.6 Å². The lowest BCUT2D eigenvalue weighted by Gasteiger charge is -2.67. The lowest BCUT2D eigenvalue weighted by Crippen LogP contribution is -2.73. The van der Waals surface area contributed by atoms with Crippen LogP contribution in [0.3, 0.4) is 0 Å². The maximum absolute atomic E-state index is 7.08. The fourth-order valence-electron chi connectivity index (χ4n) is 23.3.